The number of amides is 2. The van der Waals surface area contributed by atoms with Gasteiger partial charge in [0, 0.05) is 77.7 Å². The third-order valence-corrected chi connectivity index (χ3v) is 12.7. The Hall–Kier alpha value is -3.61. The molecule has 3 atom stereocenters. The van der Waals surface area contributed by atoms with Crippen LogP contribution in [0.2, 0.25) is 0 Å². The highest BCUT2D eigenvalue weighted by Gasteiger charge is 2.38. The first kappa shape index (κ1) is 64.4. The molecular formula is C52H93F2N9O7. The van der Waals surface area contributed by atoms with Crippen LogP contribution < -0.4 is 16.8 Å². The highest BCUT2D eigenvalue weighted by molar-refractivity contribution is 5.77. The van der Waals surface area contributed by atoms with Crippen LogP contribution in [-0.2, 0) is 28.5 Å². The van der Waals surface area contributed by atoms with Crippen LogP contribution in [0, 0.1) is 23.7 Å². The molecule has 7 N–H and O–H groups in total. The zero-order valence-electron chi connectivity index (χ0n) is 43.2. The summed E-state index contributed by atoms with van der Waals surface area (Å²) in [7, 11) is 2.08. The zero-order valence-corrected chi connectivity index (χ0v) is 43.2. The topological polar surface area (TPSA) is 195 Å². The number of carbonyl (C=O) groups is 2. The minimum absolute atomic E-state index is 0.00289. The number of rotatable bonds is 36. The van der Waals surface area contributed by atoms with Crippen molar-refractivity contribution in [3.05, 3.63) is 49.1 Å². The first-order valence-corrected chi connectivity index (χ1v) is 25.5. The number of halogens is 2. The third kappa shape index (κ3) is 30.3. The van der Waals surface area contributed by atoms with E-state index in [0.29, 0.717) is 110 Å². The molecule has 16 nitrogen and oxygen atoms in total. The second-order valence-corrected chi connectivity index (χ2v) is 18.1. The molecule has 2 fully saturated rings. The number of ether oxygens (including phenoxy) is 4. The molecular weight excluding hydrogens is 901 g/mol. The van der Waals surface area contributed by atoms with Gasteiger partial charge in [-0.15, -0.1) is 19.6 Å². The monoisotopic (exact) mass is 994 g/mol. The molecule has 0 radical (unpaired) electrons. The molecule has 1 aromatic rings. The lowest BCUT2D eigenvalue weighted by Crippen LogP contribution is -2.52. The first-order chi connectivity index (χ1) is 33.8. The van der Waals surface area contributed by atoms with Crippen molar-refractivity contribution in [2.24, 2.45) is 17.4 Å². The maximum Gasteiger partial charge on any atom is 0.248 e. The molecule has 2 aliphatic rings. The summed E-state index contributed by atoms with van der Waals surface area (Å²) in [5.74, 6) is 0.753. The van der Waals surface area contributed by atoms with Crippen LogP contribution in [0.4, 0.5) is 8.78 Å². The van der Waals surface area contributed by atoms with E-state index < -0.39 is 5.92 Å². The van der Waals surface area contributed by atoms with Gasteiger partial charge in [-0.2, -0.15) is 0 Å². The molecule has 3 rings (SSSR count). The van der Waals surface area contributed by atoms with Crippen LogP contribution in [0.3, 0.4) is 0 Å². The minimum Gasteiger partial charge on any atom is -0.395 e. The number of amidine groups is 1. The van der Waals surface area contributed by atoms with Gasteiger partial charge in [0.1, 0.15) is 6.61 Å². The number of terminal acetylenes is 1. The molecule has 0 spiro atoms. The molecule has 402 valence electrons. The van der Waals surface area contributed by atoms with Gasteiger partial charge in [-0.05, 0) is 109 Å². The minimum atomic E-state index is -2.54. The summed E-state index contributed by atoms with van der Waals surface area (Å²) in [6.45, 7) is 24.6. The Balaban J connectivity index is 0.00000471. The molecule has 1 saturated carbocycles. The predicted octanol–water partition coefficient (Wildman–Crippen LogP) is 4.47. The number of aliphatic hydroxyl groups is 1. The normalized spacial score (nSPS) is 16.5. The zero-order chi connectivity index (χ0) is 51.8. The van der Waals surface area contributed by atoms with E-state index in [9.17, 15) is 18.7 Å². The van der Waals surface area contributed by atoms with Gasteiger partial charge in [0.05, 0.1) is 64.9 Å². The van der Waals surface area contributed by atoms with Crippen LogP contribution in [0.1, 0.15) is 89.5 Å². The van der Waals surface area contributed by atoms with Crippen molar-refractivity contribution >= 4 is 18.2 Å². The van der Waals surface area contributed by atoms with E-state index in [1.54, 1.807) is 6.92 Å². The number of hydrogen-bond acceptors (Lipinski definition) is 13. The summed E-state index contributed by atoms with van der Waals surface area (Å²) in [6, 6.07) is 10.3. The van der Waals surface area contributed by atoms with Gasteiger partial charge in [0.25, 0.3) is 0 Å². The molecule has 0 bridgehead atoms. The summed E-state index contributed by atoms with van der Waals surface area (Å²) in [5.41, 5.74) is 12.0. The molecule has 18 heteroatoms. The number of nitrogens with two attached hydrogens (primary N) is 2. The second kappa shape index (κ2) is 40.9. The lowest BCUT2D eigenvalue weighted by molar-refractivity contribution is -0.121. The van der Waals surface area contributed by atoms with E-state index in [0.717, 1.165) is 78.2 Å². The van der Waals surface area contributed by atoms with Crippen molar-refractivity contribution in [1.29, 1.82) is 5.41 Å². The molecule has 2 amide bonds. The fraction of sp³-hybridized carbons (Fsp3) is 0.750. The quantitative estimate of drug-likeness (QED) is 0.0120. The summed E-state index contributed by atoms with van der Waals surface area (Å²) < 4.78 is 49.9. The lowest BCUT2D eigenvalue weighted by atomic mass is 9.74. The van der Waals surface area contributed by atoms with Gasteiger partial charge < -0.3 is 60.4 Å². The van der Waals surface area contributed by atoms with Gasteiger partial charge >= 0.3 is 0 Å². The first-order valence-electron chi connectivity index (χ1n) is 25.5. The maximum absolute atomic E-state index is 14.0. The largest absolute Gasteiger partial charge is 0.395 e. The highest BCUT2D eigenvalue weighted by atomic mass is 19.3. The van der Waals surface area contributed by atoms with Crippen molar-refractivity contribution in [2.75, 3.05) is 145 Å². The van der Waals surface area contributed by atoms with Gasteiger partial charge in [0.15, 0.2) is 0 Å². The van der Waals surface area contributed by atoms with Crippen LogP contribution >= 0.6 is 0 Å². The van der Waals surface area contributed by atoms with E-state index in [1.807, 2.05) is 23.1 Å². The van der Waals surface area contributed by atoms with Gasteiger partial charge in [-0.1, -0.05) is 36.3 Å². The molecule has 1 aromatic carbocycles. The summed E-state index contributed by atoms with van der Waals surface area (Å²) >= 11 is 0. The Morgan fingerprint density at radius 3 is 2.06 bits per heavy atom. The summed E-state index contributed by atoms with van der Waals surface area (Å²) in [6.07, 6.45) is 10.3. The molecule has 70 heavy (non-hydrogen) atoms. The van der Waals surface area contributed by atoms with E-state index in [4.69, 9.17) is 41.3 Å². The Labute approximate surface area is 420 Å². The molecule has 3 unspecified atom stereocenters. The number of benzene rings is 1. The van der Waals surface area contributed by atoms with E-state index in [-0.39, 0.29) is 55.8 Å². The SMILES string of the molecule is C#CCOCCOCCOCCOCCN1CCN(CCCN(CCO)CCCNC(=O)CCCC(N)N(C(C)=N)C(C)CN(C)CCC(c2ccccc2)C2CCC(F)(F)CC2)CC1.C=C.NC=O. The highest BCUT2D eigenvalue weighted by Crippen LogP contribution is 2.43. The maximum atomic E-state index is 14.0. The fourth-order valence-corrected chi connectivity index (χ4v) is 9.18. The predicted molar refractivity (Wildman–Crippen MR) is 277 cm³/mol. The number of nitrogens with one attached hydrogen (secondary N) is 2. The van der Waals surface area contributed by atoms with E-state index in [2.05, 4.69) is 75.8 Å². The van der Waals surface area contributed by atoms with Gasteiger partial charge in [-0.3, -0.25) is 19.9 Å². The average Bonchev–Trinajstić information content (AvgIpc) is 3.34. The summed E-state index contributed by atoms with van der Waals surface area (Å²) in [5, 5.41) is 21.3. The van der Waals surface area contributed by atoms with Crippen molar-refractivity contribution in [3.8, 4) is 12.3 Å². The second-order valence-electron chi connectivity index (χ2n) is 18.1. The number of hydrogen-bond donors (Lipinski definition) is 5. The third-order valence-electron chi connectivity index (χ3n) is 12.7. The number of likely N-dealkylation sites (N-methyl/N-ethyl adjacent to an activating group) is 1. The van der Waals surface area contributed by atoms with E-state index in [1.165, 1.54) is 5.56 Å². The summed E-state index contributed by atoms with van der Waals surface area (Å²) in [4.78, 5) is 32.8. The van der Waals surface area contributed by atoms with E-state index >= 15 is 0 Å². The van der Waals surface area contributed by atoms with Crippen molar-refractivity contribution in [3.63, 3.8) is 0 Å². The molecule has 1 aliphatic carbocycles. The average molecular weight is 994 g/mol. The number of piperazine rings is 1. The van der Waals surface area contributed by atoms with Crippen molar-refractivity contribution in [2.45, 2.75) is 102 Å². The van der Waals surface area contributed by atoms with Crippen molar-refractivity contribution in [1.82, 2.24) is 29.8 Å². The van der Waals surface area contributed by atoms with Crippen LogP contribution in [0.25, 0.3) is 0 Å². The fourth-order valence-electron chi connectivity index (χ4n) is 9.18. The standard InChI is InChI=1S/C49H86F2N8O6.C2H4.CH3NO/c1-5-33-62-35-37-64-39-40-65-38-36-63-34-31-58-28-26-57(27-29-58)24-11-23-56(30-32-60)22-10-21-54-48(61)15-9-14-47(53)59(43(3)52)42(2)41-55(4)25-18-46(44-12-7-6-8-13-44)45-16-19-49(50,51)20-17-45;1-2;2-1-3/h1,6-8,12-13,42,45-47,52,60H,9-11,14-41,53H2,2-4H3,(H,54,61);1-2H2;1H,(H2,2,3). The molecule has 1 saturated heterocycles. The van der Waals surface area contributed by atoms with Gasteiger partial charge in [-0.25, -0.2) is 8.78 Å². The number of primary amides is 1. The molecule has 0 aromatic heterocycles. The number of carbonyl (C=O) groups excluding carboxylic acids is 2. The Morgan fingerprint density at radius 1 is 0.929 bits per heavy atom. The smallest absolute Gasteiger partial charge is 0.248 e. The van der Waals surface area contributed by atoms with Crippen LogP contribution in [-0.4, -0.2) is 211 Å². The van der Waals surface area contributed by atoms with Crippen LogP contribution in [0.5, 0.6) is 0 Å². The van der Waals surface area contributed by atoms with Gasteiger partial charge in [0.2, 0.25) is 18.2 Å². The number of nitrogens with zero attached hydrogens (tertiary/aromatic N) is 5. The lowest BCUT2D eigenvalue weighted by Gasteiger charge is -2.38. The Kier molecular flexibility index (Phi) is 37.7. The Bertz CT molecular complexity index is 1500. The van der Waals surface area contributed by atoms with Crippen LogP contribution in [0.15, 0.2) is 43.5 Å². The number of aliphatic hydroxyl groups excluding tert-OH is 1. The molecule has 1 heterocycles. The van der Waals surface area contributed by atoms with Crippen molar-refractivity contribution < 1.29 is 42.4 Å². The number of alkyl halides is 2. The molecule has 1 aliphatic heterocycles. The Morgan fingerprint density at radius 2 is 1.49 bits per heavy atom.